The summed E-state index contributed by atoms with van der Waals surface area (Å²) in [5.41, 5.74) is 7.09. The van der Waals surface area contributed by atoms with E-state index in [1.165, 1.54) is 40.8 Å². The predicted molar refractivity (Wildman–Crippen MR) is 81.9 cm³/mol. The van der Waals surface area contributed by atoms with Crippen LogP contribution in [-0.2, 0) is 19.3 Å². The van der Waals surface area contributed by atoms with Crippen LogP contribution >= 0.6 is 0 Å². The third kappa shape index (κ3) is 2.81. The number of rotatable bonds is 3. The van der Waals surface area contributed by atoms with Gasteiger partial charge in [-0.15, -0.1) is 0 Å². The highest BCUT2D eigenvalue weighted by molar-refractivity contribution is 5.54. The van der Waals surface area contributed by atoms with E-state index < -0.39 is 0 Å². The van der Waals surface area contributed by atoms with Crippen molar-refractivity contribution >= 4 is 5.69 Å². The number of fused-ring (bicyclic) bond motifs is 1. The molecule has 19 heavy (non-hydrogen) atoms. The highest BCUT2D eigenvalue weighted by Crippen LogP contribution is 2.24. The summed E-state index contributed by atoms with van der Waals surface area (Å²) >= 11 is 0. The van der Waals surface area contributed by atoms with Gasteiger partial charge >= 0.3 is 0 Å². The molecule has 0 fully saturated rings. The molecule has 2 aromatic carbocycles. The van der Waals surface area contributed by atoms with Crippen molar-refractivity contribution in [2.75, 3.05) is 11.9 Å². The molecule has 1 nitrogen and oxygen atoms in total. The second-order valence-corrected chi connectivity index (χ2v) is 5.37. The van der Waals surface area contributed by atoms with Crippen LogP contribution in [0, 0.1) is 0 Å². The maximum absolute atomic E-state index is 3.47. The number of nitrogens with one attached hydrogen (secondary N) is 1. The fourth-order valence-corrected chi connectivity index (χ4v) is 2.83. The Kier molecular flexibility index (Phi) is 3.54. The zero-order valence-corrected chi connectivity index (χ0v) is 11.6. The molecule has 0 atom stereocenters. The molecule has 1 heteroatoms. The summed E-state index contributed by atoms with van der Waals surface area (Å²) in [6.45, 7) is 3.33. The van der Waals surface area contributed by atoms with E-state index in [-0.39, 0.29) is 0 Å². The molecule has 98 valence electrons. The van der Waals surface area contributed by atoms with Crippen LogP contribution < -0.4 is 5.32 Å². The summed E-state index contributed by atoms with van der Waals surface area (Å²) in [5.74, 6) is 0. The molecular weight excluding hydrogens is 230 g/mol. The van der Waals surface area contributed by atoms with Gasteiger partial charge in [-0.1, -0.05) is 43.3 Å². The lowest BCUT2D eigenvalue weighted by Gasteiger charge is -2.18. The van der Waals surface area contributed by atoms with Gasteiger partial charge in [-0.2, -0.15) is 0 Å². The molecule has 0 saturated heterocycles. The fourth-order valence-electron chi connectivity index (χ4n) is 2.83. The molecule has 0 aliphatic carbocycles. The molecule has 1 aliphatic rings. The normalized spacial score (nSPS) is 13.7. The van der Waals surface area contributed by atoms with Gasteiger partial charge in [-0.3, -0.25) is 0 Å². The molecule has 0 bridgehead atoms. The largest absolute Gasteiger partial charge is 0.385 e. The summed E-state index contributed by atoms with van der Waals surface area (Å²) in [6.07, 6.45) is 4.62. The van der Waals surface area contributed by atoms with Crippen molar-refractivity contribution < 1.29 is 0 Å². The first-order chi connectivity index (χ1) is 9.35. The zero-order chi connectivity index (χ0) is 13.1. The van der Waals surface area contributed by atoms with Gasteiger partial charge in [0.1, 0.15) is 0 Å². The Hall–Kier alpha value is -1.76. The van der Waals surface area contributed by atoms with E-state index >= 15 is 0 Å². The predicted octanol–water partition coefficient (Wildman–Crippen LogP) is 4.20. The molecule has 1 heterocycles. The third-order valence-electron chi connectivity index (χ3n) is 3.92. The monoisotopic (exact) mass is 251 g/mol. The minimum absolute atomic E-state index is 1.04. The standard InChI is InChI=1S/C18H21N/c1-2-14-5-3-6-15(11-14)12-16-8-9-18-17(13-16)7-4-10-19-18/h3,5-6,8-9,11,13,19H,2,4,7,10,12H2,1H3. The highest BCUT2D eigenvalue weighted by atomic mass is 14.9. The Bertz CT molecular complexity index is 572. The summed E-state index contributed by atoms with van der Waals surface area (Å²) in [7, 11) is 0. The number of aryl methyl sites for hydroxylation is 2. The maximum atomic E-state index is 3.47. The summed E-state index contributed by atoms with van der Waals surface area (Å²) in [6, 6.07) is 15.8. The molecule has 0 radical (unpaired) electrons. The number of benzene rings is 2. The lowest BCUT2D eigenvalue weighted by atomic mass is 9.96. The maximum Gasteiger partial charge on any atom is 0.0372 e. The van der Waals surface area contributed by atoms with Crippen LogP contribution in [0.3, 0.4) is 0 Å². The molecule has 2 aromatic rings. The van der Waals surface area contributed by atoms with Gasteiger partial charge in [-0.05, 0) is 54.0 Å². The Morgan fingerprint density at radius 3 is 2.74 bits per heavy atom. The van der Waals surface area contributed by atoms with Crippen molar-refractivity contribution in [1.29, 1.82) is 0 Å². The average Bonchev–Trinajstić information content (AvgIpc) is 2.47. The Balaban J connectivity index is 1.82. The molecular formula is C18H21N. The van der Waals surface area contributed by atoms with Crippen molar-refractivity contribution in [3.63, 3.8) is 0 Å². The molecule has 0 amide bonds. The first-order valence-corrected chi connectivity index (χ1v) is 7.28. The van der Waals surface area contributed by atoms with Crippen LogP contribution in [0.25, 0.3) is 0 Å². The van der Waals surface area contributed by atoms with Gasteiger partial charge in [0.15, 0.2) is 0 Å². The molecule has 0 unspecified atom stereocenters. The summed E-state index contributed by atoms with van der Waals surface area (Å²) in [5, 5.41) is 3.47. The van der Waals surface area contributed by atoms with Gasteiger partial charge in [0.05, 0.1) is 0 Å². The number of hydrogen-bond acceptors (Lipinski definition) is 1. The van der Waals surface area contributed by atoms with E-state index in [0.29, 0.717) is 0 Å². The van der Waals surface area contributed by atoms with Crippen LogP contribution in [0.2, 0.25) is 0 Å². The van der Waals surface area contributed by atoms with Crippen LogP contribution in [-0.4, -0.2) is 6.54 Å². The van der Waals surface area contributed by atoms with Gasteiger partial charge in [0.2, 0.25) is 0 Å². The molecule has 3 rings (SSSR count). The number of hydrogen-bond donors (Lipinski definition) is 1. The lowest BCUT2D eigenvalue weighted by molar-refractivity contribution is 0.828. The second kappa shape index (κ2) is 5.48. The van der Waals surface area contributed by atoms with E-state index in [1.807, 2.05) is 0 Å². The van der Waals surface area contributed by atoms with Gasteiger partial charge in [0.25, 0.3) is 0 Å². The molecule has 0 spiro atoms. The quantitative estimate of drug-likeness (QED) is 0.862. The van der Waals surface area contributed by atoms with Crippen molar-refractivity contribution in [1.82, 2.24) is 0 Å². The SMILES string of the molecule is CCc1cccc(Cc2ccc3c(c2)CCCN3)c1. The highest BCUT2D eigenvalue weighted by Gasteiger charge is 2.08. The minimum atomic E-state index is 1.04. The topological polar surface area (TPSA) is 12.0 Å². The molecule has 0 aromatic heterocycles. The van der Waals surface area contributed by atoms with Crippen LogP contribution in [0.5, 0.6) is 0 Å². The van der Waals surface area contributed by atoms with E-state index in [4.69, 9.17) is 0 Å². The van der Waals surface area contributed by atoms with Crippen molar-refractivity contribution in [3.05, 3.63) is 64.7 Å². The third-order valence-corrected chi connectivity index (χ3v) is 3.92. The van der Waals surface area contributed by atoms with Crippen LogP contribution in [0.1, 0.15) is 35.6 Å². The van der Waals surface area contributed by atoms with Crippen LogP contribution in [0.15, 0.2) is 42.5 Å². The molecule has 1 N–H and O–H groups in total. The second-order valence-electron chi connectivity index (χ2n) is 5.37. The number of anilines is 1. The van der Waals surface area contributed by atoms with Crippen LogP contribution in [0.4, 0.5) is 5.69 Å². The van der Waals surface area contributed by atoms with Gasteiger partial charge in [-0.25, -0.2) is 0 Å². The van der Waals surface area contributed by atoms with E-state index in [2.05, 4.69) is 54.7 Å². The van der Waals surface area contributed by atoms with E-state index in [9.17, 15) is 0 Å². The van der Waals surface area contributed by atoms with Crippen molar-refractivity contribution in [2.24, 2.45) is 0 Å². The Morgan fingerprint density at radius 1 is 1.00 bits per heavy atom. The smallest absolute Gasteiger partial charge is 0.0372 e. The van der Waals surface area contributed by atoms with Crippen molar-refractivity contribution in [2.45, 2.75) is 32.6 Å². The lowest BCUT2D eigenvalue weighted by Crippen LogP contribution is -2.11. The van der Waals surface area contributed by atoms with E-state index in [1.54, 1.807) is 0 Å². The minimum Gasteiger partial charge on any atom is -0.385 e. The molecule has 0 saturated carbocycles. The van der Waals surface area contributed by atoms with Gasteiger partial charge in [0, 0.05) is 12.2 Å². The Morgan fingerprint density at radius 2 is 1.84 bits per heavy atom. The Labute approximate surface area is 115 Å². The molecule has 1 aliphatic heterocycles. The fraction of sp³-hybridized carbons (Fsp3) is 0.333. The van der Waals surface area contributed by atoms with Crippen molar-refractivity contribution in [3.8, 4) is 0 Å². The van der Waals surface area contributed by atoms with Gasteiger partial charge < -0.3 is 5.32 Å². The zero-order valence-electron chi connectivity index (χ0n) is 11.6. The average molecular weight is 251 g/mol. The van der Waals surface area contributed by atoms with E-state index in [0.717, 1.165) is 19.4 Å². The first kappa shape index (κ1) is 12.3. The first-order valence-electron chi connectivity index (χ1n) is 7.28. The summed E-state index contributed by atoms with van der Waals surface area (Å²) < 4.78 is 0. The summed E-state index contributed by atoms with van der Waals surface area (Å²) in [4.78, 5) is 0.